The molecule has 0 aliphatic carbocycles. The van der Waals surface area contributed by atoms with Crippen molar-refractivity contribution in [1.82, 2.24) is 19.9 Å². The van der Waals surface area contributed by atoms with Gasteiger partial charge in [0.05, 0.1) is 6.54 Å². The van der Waals surface area contributed by atoms with Gasteiger partial charge in [0.2, 0.25) is 0 Å². The summed E-state index contributed by atoms with van der Waals surface area (Å²) in [4.78, 5) is 8.51. The van der Waals surface area contributed by atoms with Crippen LogP contribution in [0.15, 0.2) is 36.9 Å². The molecule has 2 heterocycles. The molecule has 4 nitrogen and oxygen atoms in total. The molecule has 2 aromatic heterocycles. The maximum absolute atomic E-state index is 4.39. The third-order valence-electron chi connectivity index (χ3n) is 2.83. The van der Waals surface area contributed by atoms with Crippen molar-refractivity contribution in [3.05, 3.63) is 48.3 Å². The van der Waals surface area contributed by atoms with Crippen molar-refractivity contribution in [1.29, 1.82) is 0 Å². The zero-order valence-electron chi connectivity index (χ0n) is 11.0. The fourth-order valence-corrected chi connectivity index (χ4v) is 1.80. The molecule has 0 saturated carbocycles. The average molecular weight is 244 g/mol. The van der Waals surface area contributed by atoms with Gasteiger partial charge in [0, 0.05) is 37.4 Å². The number of nitrogens with one attached hydrogen (secondary N) is 1. The van der Waals surface area contributed by atoms with E-state index in [-0.39, 0.29) is 0 Å². The Balaban J connectivity index is 1.91. The molecule has 4 heteroatoms. The summed E-state index contributed by atoms with van der Waals surface area (Å²) in [5.41, 5.74) is 1.26. The lowest BCUT2D eigenvalue weighted by molar-refractivity contribution is 0.544. The summed E-state index contributed by atoms with van der Waals surface area (Å²) in [6, 6.07) is 4.56. The Morgan fingerprint density at radius 3 is 2.94 bits per heavy atom. The number of hydrogen-bond acceptors (Lipinski definition) is 3. The summed E-state index contributed by atoms with van der Waals surface area (Å²) in [5, 5.41) is 3.39. The van der Waals surface area contributed by atoms with Crippen LogP contribution in [-0.4, -0.2) is 20.6 Å². The van der Waals surface area contributed by atoms with E-state index in [0.29, 0.717) is 6.04 Å². The number of nitrogens with zero attached hydrogens (tertiary/aromatic N) is 3. The van der Waals surface area contributed by atoms with Crippen LogP contribution >= 0.6 is 0 Å². The molecule has 18 heavy (non-hydrogen) atoms. The normalized spacial score (nSPS) is 11.1. The molecule has 0 radical (unpaired) electrons. The molecule has 0 saturated heterocycles. The van der Waals surface area contributed by atoms with Crippen molar-refractivity contribution < 1.29 is 0 Å². The Morgan fingerprint density at radius 1 is 1.33 bits per heavy atom. The van der Waals surface area contributed by atoms with Gasteiger partial charge in [-0.1, -0.05) is 19.9 Å². The van der Waals surface area contributed by atoms with Gasteiger partial charge in [-0.3, -0.25) is 4.98 Å². The number of aromatic nitrogens is 3. The fourth-order valence-electron chi connectivity index (χ4n) is 1.80. The van der Waals surface area contributed by atoms with E-state index in [1.807, 2.05) is 24.7 Å². The van der Waals surface area contributed by atoms with Crippen LogP contribution in [0.2, 0.25) is 0 Å². The van der Waals surface area contributed by atoms with Crippen molar-refractivity contribution in [3.8, 4) is 0 Å². The predicted molar refractivity (Wildman–Crippen MR) is 72.1 cm³/mol. The second-order valence-corrected chi connectivity index (χ2v) is 4.68. The zero-order chi connectivity index (χ0) is 12.8. The minimum atomic E-state index is 0.480. The maximum atomic E-state index is 4.39. The fraction of sp³-hybridized carbons (Fsp3) is 0.429. The first-order chi connectivity index (χ1) is 8.75. The molecule has 1 N–H and O–H groups in total. The van der Waals surface area contributed by atoms with E-state index in [1.54, 1.807) is 6.20 Å². The van der Waals surface area contributed by atoms with Crippen molar-refractivity contribution in [2.75, 3.05) is 0 Å². The van der Waals surface area contributed by atoms with Crippen LogP contribution in [0, 0.1) is 0 Å². The van der Waals surface area contributed by atoms with Gasteiger partial charge in [-0.05, 0) is 18.1 Å². The highest BCUT2D eigenvalue weighted by Crippen LogP contribution is 2.03. The molecule has 0 unspecified atom stereocenters. The minimum absolute atomic E-state index is 0.480. The largest absolute Gasteiger partial charge is 0.334 e. The molecule has 96 valence electrons. The Kier molecular flexibility index (Phi) is 4.47. The Labute approximate surface area is 108 Å². The smallest absolute Gasteiger partial charge is 0.122 e. The predicted octanol–water partition coefficient (Wildman–Crippen LogP) is 2.02. The third-order valence-corrected chi connectivity index (χ3v) is 2.83. The lowest BCUT2D eigenvalue weighted by Crippen LogP contribution is -2.24. The second kappa shape index (κ2) is 6.31. The molecule has 0 amide bonds. The first kappa shape index (κ1) is 12.8. The Morgan fingerprint density at radius 2 is 2.22 bits per heavy atom. The van der Waals surface area contributed by atoms with Crippen molar-refractivity contribution >= 4 is 0 Å². The van der Waals surface area contributed by atoms with Crippen molar-refractivity contribution in [3.63, 3.8) is 0 Å². The first-order valence-corrected chi connectivity index (χ1v) is 6.38. The van der Waals surface area contributed by atoms with E-state index in [0.717, 1.165) is 25.3 Å². The van der Waals surface area contributed by atoms with E-state index >= 15 is 0 Å². The maximum Gasteiger partial charge on any atom is 0.122 e. The molecule has 0 atom stereocenters. The minimum Gasteiger partial charge on any atom is -0.334 e. The van der Waals surface area contributed by atoms with Gasteiger partial charge in [-0.2, -0.15) is 0 Å². The lowest BCUT2D eigenvalue weighted by Gasteiger charge is -2.10. The van der Waals surface area contributed by atoms with E-state index in [9.17, 15) is 0 Å². The zero-order valence-corrected chi connectivity index (χ0v) is 11.0. The number of aryl methyl sites for hydroxylation is 2. The molecule has 0 fully saturated rings. The SMILES string of the molecule is CC(C)NCc1nccn1CCc1cccnc1. The lowest BCUT2D eigenvalue weighted by atomic mass is 10.2. The van der Waals surface area contributed by atoms with Gasteiger partial charge < -0.3 is 9.88 Å². The van der Waals surface area contributed by atoms with Gasteiger partial charge in [-0.15, -0.1) is 0 Å². The van der Waals surface area contributed by atoms with Crippen LogP contribution in [0.25, 0.3) is 0 Å². The van der Waals surface area contributed by atoms with Gasteiger partial charge in [-0.25, -0.2) is 4.98 Å². The van der Waals surface area contributed by atoms with Crippen LogP contribution in [-0.2, 0) is 19.5 Å². The summed E-state index contributed by atoms with van der Waals surface area (Å²) < 4.78 is 2.20. The first-order valence-electron chi connectivity index (χ1n) is 6.38. The van der Waals surface area contributed by atoms with Crippen LogP contribution in [0.3, 0.4) is 0 Å². The number of imidazole rings is 1. The van der Waals surface area contributed by atoms with E-state index < -0.39 is 0 Å². The average Bonchev–Trinajstić information content (AvgIpc) is 2.82. The number of hydrogen-bond donors (Lipinski definition) is 1. The molecule has 0 aliphatic rings. The van der Waals surface area contributed by atoms with Crippen molar-refractivity contribution in [2.45, 2.75) is 39.4 Å². The monoisotopic (exact) mass is 244 g/mol. The van der Waals surface area contributed by atoms with Crippen LogP contribution in [0.1, 0.15) is 25.2 Å². The van der Waals surface area contributed by atoms with E-state index in [1.165, 1.54) is 5.56 Å². The van der Waals surface area contributed by atoms with Crippen LogP contribution in [0.5, 0.6) is 0 Å². The molecule has 0 aromatic carbocycles. The Hall–Kier alpha value is -1.68. The summed E-state index contributed by atoms with van der Waals surface area (Å²) >= 11 is 0. The quantitative estimate of drug-likeness (QED) is 0.845. The topological polar surface area (TPSA) is 42.7 Å². The highest BCUT2D eigenvalue weighted by atomic mass is 15.1. The summed E-state index contributed by atoms with van der Waals surface area (Å²) in [7, 11) is 0. The number of rotatable bonds is 6. The van der Waals surface area contributed by atoms with Crippen molar-refractivity contribution in [2.24, 2.45) is 0 Å². The van der Waals surface area contributed by atoms with Gasteiger partial charge in [0.15, 0.2) is 0 Å². The second-order valence-electron chi connectivity index (χ2n) is 4.68. The number of pyridine rings is 1. The molecule has 0 bridgehead atoms. The van der Waals surface area contributed by atoms with Gasteiger partial charge >= 0.3 is 0 Å². The van der Waals surface area contributed by atoms with Crippen LogP contribution < -0.4 is 5.32 Å². The Bertz CT molecular complexity index is 462. The highest BCUT2D eigenvalue weighted by molar-refractivity contribution is 5.08. The van der Waals surface area contributed by atoms with Gasteiger partial charge in [0.1, 0.15) is 5.82 Å². The highest BCUT2D eigenvalue weighted by Gasteiger charge is 2.03. The molecular weight excluding hydrogens is 224 g/mol. The summed E-state index contributed by atoms with van der Waals surface area (Å²) in [5.74, 6) is 1.09. The molecular formula is C14H20N4. The molecule has 2 rings (SSSR count). The summed E-state index contributed by atoms with van der Waals surface area (Å²) in [6.45, 7) is 6.05. The molecule has 2 aromatic rings. The van der Waals surface area contributed by atoms with Crippen LogP contribution in [0.4, 0.5) is 0 Å². The van der Waals surface area contributed by atoms with Gasteiger partial charge in [0.25, 0.3) is 0 Å². The molecule has 0 spiro atoms. The molecule has 0 aliphatic heterocycles. The van der Waals surface area contributed by atoms with E-state index in [2.05, 4.69) is 39.8 Å². The third kappa shape index (κ3) is 3.67. The standard InChI is InChI=1S/C14H20N4/c1-12(2)17-11-14-16-7-9-18(14)8-5-13-4-3-6-15-10-13/h3-4,6-7,9-10,12,17H,5,8,11H2,1-2H3. The summed E-state index contributed by atoms with van der Waals surface area (Å²) in [6.07, 6.45) is 8.61. The van der Waals surface area contributed by atoms with E-state index in [4.69, 9.17) is 0 Å².